The summed E-state index contributed by atoms with van der Waals surface area (Å²) in [5.41, 5.74) is 0. The molecule has 0 spiro atoms. The first-order valence-electron chi connectivity index (χ1n) is 7.19. The predicted octanol–water partition coefficient (Wildman–Crippen LogP) is 2.87. The van der Waals surface area contributed by atoms with Crippen molar-refractivity contribution in [2.45, 2.75) is 77.6 Å². The largest absolute Gasteiger partial charge is 0.535 e. The summed E-state index contributed by atoms with van der Waals surface area (Å²) >= 11 is 0. The summed E-state index contributed by atoms with van der Waals surface area (Å²) in [6.07, 6.45) is 8.01. The highest BCUT2D eigenvalue weighted by molar-refractivity contribution is 6.53. The lowest BCUT2D eigenvalue weighted by molar-refractivity contribution is -0.134. The molecule has 2 atom stereocenters. The molecule has 0 aromatic carbocycles. The van der Waals surface area contributed by atoms with Gasteiger partial charge >= 0.3 is 12.9 Å². The van der Waals surface area contributed by atoms with Gasteiger partial charge in [-0.1, -0.05) is 46.5 Å². The van der Waals surface area contributed by atoms with Gasteiger partial charge < -0.3 is 4.65 Å². The molecule has 17 heavy (non-hydrogen) atoms. The van der Waals surface area contributed by atoms with Gasteiger partial charge in [-0.2, -0.15) is 0 Å². The van der Waals surface area contributed by atoms with E-state index in [9.17, 15) is 4.79 Å². The molecule has 1 heterocycles. The molecule has 0 aromatic rings. The summed E-state index contributed by atoms with van der Waals surface area (Å²) in [6, 6.07) is 0.367. The van der Waals surface area contributed by atoms with E-state index in [4.69, 9.17) is 4.65 Å². The van der Waals surface area contributed by atoms with Gasteiger partial charge in [0.15, 0.2) is 0 Å². The number of nitrogens with one attached hydrogen (secondary N) is 1. The maximum atomic E-state index is 11.7. The number of unbranched alkanes of at least 4 members (excludes halogenated alkanes) is 3. The van der Waals surface area contributed by atoms with Crippen LogP contribution in [0.15, 0.2) is 0 Å². The minimum absolute atomic E-state index is 0.0165. The molecule has 4 heteroatoms. The second-order valence-corrected chi connectivity index (χ2v) is 4.98. The number of carbonyl (C=O) groups is 1. The van der Waals surface area contributed by atoms with Crippen LogP contribution in [0.5, 0.6) is 0 Å². The van der Waals surface area contributed by atoms with Crippen molar-refractivity contribution in [3.63, 3.8) is 0 Å². The zero-order valence-corrected chi connectivity index (χ0v) is 11.5. The highest BCUT2D eigenvalue weighted by atomic mass is 16.5. The van der Waals surface area contributed by atoms with Crippen LogP contribution in [0.25, 0.3) is 0 Å². The summed E-state index contributed by atoms with van der Waals surface area (Å²) < 4.78 is 5.43. The van der Waals surface area contributed by atoms with Crippen molar-refractivity contribution < 1.29 is 9.45 Å². The van der Waals surface area contributed by atoms with Crippen LogP contribution < -0.4 is 5.32 Å². The number of rotatable bonds is 9. The summed E-state index contributed by atoms with van der Waals surface area (Å²) in [6.45, 7) is 6.43. The van der Waals surface area contributed by atoms with E-state index in [-0.39, 0.29) is 18.9 Å². The van der Waals surface area contributed by atoms with Crippen LogP contribution >= 0.6 is 0 Å². The lowest BCUT2D eigenvalue weighted by Crippen LogP contribution is -2.25. The van der Waals surface area contributed by atoms with Crippen LogP contribution in [0, 0.1) is 0 Å². The molecule has 1 aliphatic rings. The summed E-state index contributed by atoms with van der Waals surface area (Å²) in [5.74, 6) is -0.0424. The summed E-state index contributed by atoms with van der Waals surface area (Å²) in [4.78, 5) is 11.7. The van der Waals surface area contributed by atoms with Gasteiger partial charge in [0.2, 0.25) is 0 Å². The molecule has 1 rings (SSSR count). The van der Waals surface area contributed by atoms with Gasteiger partial charge in [-0.25, -0.2) is 0 Å². The van der Waals surface area contributed by atoms with Gasteiger partial charge in [0.05, 0.1) is 0 Å². The van der Waals surface area contributed by atoms with E-state index in [1.807, 2.05) is 0 Å². The predicted molar refractivity (Wildman–Crippen MR) is 72.3 cm³/mol. The van der Waals surface area contributed by atoms with Crippen molar-refractivity contribution in [2.24, 2.45) is 0 Å². The van der Waals surface area contributed by atoms with Crippen LogP contribution in [-0.2, 0) is 9.45 Å². The fourth-order valence-corrected chi connectivity index (χ4v) is 2.14. The highest BCUT2D eigenvalue weighted by Crippen LogP contribution is 2.20. The Balaban J connectivity index is 2.11. The van der Waals surface area contributed by atoms with E-state index < -0.39 is 0 Å². The fourth-order valence-electron chi connectivity index (χ4n) is 2.14. The molecular weight excluding hydrogens is 213 g/mol. The maximum absolute atomic E-state index is 11.7. The first-order chi connectivity index (χ1) is 8.22. The molecule has 0 unspecified atom stereocenters. The minimum atomic E-state index is -0.0424. The van der Waals surface area contributed by atoms with Crippen molar-refractivity contribution in [3.8, 4) is 0 Å². The zero-order chi connectivity index (χ0) is 12.7. The van der Waals surface area contributed by atoms with E-state index in [2.05, 4.69) is 26.1 Å². The molecule has 1 N–H and O–H groups in total. The fraction of sp³-hybridized carbons (Fsp3) is 0.923. The molecule has 0 aromatic heterocycles. The van der Waals surface area contributed by atoms with Crippen LogP contribution in [0.2, 0.25) is 12.6 Å². The lowest BCUT2D eigenvalue weighted by Gasteiger charge is -2.09. The highest BCUT2D eigenvalue weighted by Gasteiger charge is 2.43. The average Bonchev–Trinajstić information content (AvgIpc) is 3.11. The molecule has 1 saturated heterocycles. The normalized spacial score (nSPS) is 22.3. The van der Waals surface area contributed by atoms with Crippen molar-refractivity contribution in [3.05, 3.63) is 0 Å². The maximum Gasteiger partial charge on any atom is 0.361 e. The van der Waals surface area contributed by atoms with Gasteiger partial charge in [-0.05, 0) is 19.1 Å². The Hall–Kier alpha value is -0.505. The van der Waals surface area contributed by atoms with E-state index in [1.54, 1.807) is 0 Å². The second kappa shape index (κ2) is 7.75. The van der Waals surface area contributed by atoms with Crippen LogP contribution in [-0.4, -0.2) is 25.0 Å². The van der Waals surface area contributed by atoms with E-state index in [1.165, 1.54) is 25.7 Å². The first-order valence-corrected chi connectivity index (χ1v) is 7.19. The monoisotopic (exact) mass is 239 g/mol. The Morgan fingerprint density at radius 2 is 1.88 bits per heavy atom. The third-order valence-electron chi connectivity index (χ3n) is 3.50. The third-order valence-corrected chi connectivity index (χ3v) is 3.50. The van der Waals surface area contributed by atoms with Crippen LogP contribution in [0.3, 0.4) is 0 Å². The Morgan fingerprint density at radius 1 is 1.18 bits per heavy atom. The Kier molecular flexibility index (Phi) is 6.64. The van der Waals surface area contributed by atoms with E-state index >= 15 is 0 Å². The summed E-state index contributed by atoms with van der Waals surface area (Å²) in [7, 11) is 0. The molecule has 0 bridgehead atoms. The Labute approximate surface area is 106 Å². The average molecular weight is 239 g/mol. The molecular formula is C13H26BNO2. The first kappa shape index (κ1) is 14.6. The molecule has 0 radical (unpaired) electrons. The quantitative estimate of drug-likeness (QED) is 0.382. The molecule has 0 saturated carbocycles. The zero-order valence-electron chi connectivity index (χ0n) is 11.5. The third kappa shape index (κ3) is 5.11. The van der Waals surface area contributed by atoms with E-state index in [0.29, 0.717) is 6.04 Å². The van der Waals surface area contributed by atoms with Crippen molar-refractivity contribution in [1.29, 1.82) is 0 Å². The smallest absolute Gasteiger partial charge is 0.361 e. The Bertz CT molecular complexity index is 231. The van der Waals surface area contributed by atoms with Crippen molar-refractivity contribution in [1.82, 2.24) is 5.32 Å². The molecule has 1 fully saturated rings. The number of hydrogen-bond donors (Lipinski definition) is 1. The van der Waals surface area contributed by atoms with Gasteiger partial charge in [-0.3, -0.25) is 10.1 Å². The standard InChI is InChI=1S/C13H26BNO2/c1-4-7-8-9-10-11-12(15-11)13(16)17-14(5-2)6-3/h11-12,15H,4-10H2,1-3H3/t11-,12+/m1/s1. The summed E-state index contributed by atoms with van der Waals surface area (Å²) in [5, 5.41) is 3.22. The van der Waals surface area contributed by atoms with Crippen LogP contribution in [0.4, 0.5) is 0 Å². The molecule has 3 nitrogen and oxygen atoms in total. The van der Waals surface area contributed by atoms with Crippen molar-refractivity contribution >= 4 is 12.9 Å². The molecule has 0 aliphatic carbocycles. The topological polar surface area (TPSA) is 48.2 Å². The minimum Gasteiger partial charge on any atom is -0.535 e. The van der Waals surface area contributed by atoms with Gasteiger partial charge in [0.25, 0.3) is 0 Å². The molecule has 1 aliphatic heterocycles. The Morgan fingerprint density at radius 3 is 2.47 bits per heavy atom. The molecule has 0 amide bonds. The lowest BCUT2D eigenvalue weighted by atomic mass is 9.62. The SMILES string of the molecule is CCCCCC[C@H]1N[C@@H]1C(=O)OB(CC)CC. The van der Waals surface area contributed by atoms with Gasteiger partial charge in [-0.15, -0.1) is 0 Å². The van der Waals surface area contributed by atoms with Gasteiger partial charge in [0, 0.05) is 6.04 Å². The van der Waals surface area contributed by atoms with Crippen molar-refractivity contribution in [2.75, 3.05) is 0 Å². The van der Waals surface area contributed by atoms with Gasteiger partial charge in [0.1, 0.15) is 6.04 Å². The number of carbonyl (C=O) groups excluding carboxylic acids is 1. The second-order valence-electron chi connectivity index (χ2n) is 4.98. The van der Waals surface area contributed by atoms with E-state index in [0.717, 1.165) is 19.1 Å². The van der Waals surface area contributed by atoms with Crippen LogP contribution in [0.1, 0.15) is 52.9 Å². The molecule has 98 valence electrons. The number of hydrogen-bond acceptors (Lipinski definition) is 3.